The molecule has 0 amide bonds. The van der Waals surface area contributed by atoms with Gasteiger partial charge in [0.1, 0.15) is 5.75 Å². The van der Waals surface area contributed by atoms with E-state index < -0.39 is 71.3 Å². The van der Waals surface area contributed by atoms with Crippen molar-refractivity contribution in [3.05, 3.63) is 29.8 Å². The summed E-state index contributed by atoms with van der Waals surface area (Å²) >= 11 is 0. The summed E-state index contributed by atoms with van der Waals surface area (Å²) in [5.74, 6) is -57.1. The van der Waals surface area contributed by atoms with Crippen molar-refractivity contribution in [3.63, 3.8) is 0 Å². The van der Waals surface area contributed by atoms with E-state index in [1.54, 1.807) is 0 Å². The minimum atomic E-state index is -8.70. The molecule has 0 bridgehead atoms. The van der Waals surface area contributed by atoms with Crippen LogP contribution in [0.25, 0.3) is 0 Å². The van der Waals surface area contributed by atoms with E-state index in [2.05, 4.69) is 0 Å². The van der Waals surface area contributed by atoms with Gasteiger partial charge in [0.15, 0.2) is 0 Å². The first kappa shape index (κ1) is 34.8. The fourth-order valence-corrected chi connectivity index (χ4v) is 3.01. The Kier molecular flexibility index (Phi) is 8.67. The highest BCUT2D eigenvalue weighted by molar-refractivity contribution is 5.31. The van der Waals surface area contributed by atoms with Gasteiger partial charge in [-0.3, -0.25) is 0 Å². The van der Waals surface area contributed by atoms with Crippen LogP contribution in [0.3, 0.4) is 0 Å². The van der Waals surface area contributed by atoms with E-state index in [4.69, 9.17) is 4.74 Å². The summed E-state index contributed by atoms with van der Waals surface area (Å²) in [4.78, 5) is 0. The van der Waals surface area contributed by atoms with Crippen LogP contribution >= 0.6 is 0 Å². The molecule has 0 saturated carbocycles. The van der Waals surface area contributed by atoms with Crippen LogP contribution < -0.4 is 4.74 Å². The van der Waals surface area contributed by atoms with Gasteiger partial charge in [0, 0.05) is 0 Å². The third-order valence-corrected chi connectivity index (χ3v) is 5.20. The average Bonchev–Trinajstić information content (AvgIpc) is 2.71. The zero-order chi connectivity index (χ0) is 31.5. The second-order valence-electron chi connectivity index (χ2n) is 8.79. The summed E-state index contributed by atoms with van der Waals surface area (Å²) in [7, 11) is 0. The van der Waals surface area contributed by atoms with Crippen molar-refractivity contribution in [2.75, 3.05) is 0 Å². The van der Waals surface area contributed by atoms with E-state index in [9.17, 15) is 79.7 Å². The molecule has 0 aromatic heterocycles. The molecular formula is C20H17F17O2. The molecule has 0 aliphatic heterocycles. The van der Waals surface area contributed by atoms with Crippen LogP contribution in [0, 0.1) is 0 Å². The summed E-state index contributed by atoms with van der Waals surface area (Å²) in [5, 5.41) is 10.1. The molecule has 0 radical (unpaired) electrons. The van der Waals surface area contributed by atoms with E-state index >= 15 is 0 Å². The van der Waals surface area contributed by atoms with Crippen molar-refractivity contribution in [2.24, 2.45) is 0 Å². The number of hydrogen-bond donors (Lipinski definition) is 1. The quantitative estimate of drug-likeness (QED) is 0.256. The van der Waals surface area contributed by atoms with Crippen molar-refractivity contribution < 1.29 is 84.5 Å². The maximum atomic E-state index is 14.3. The van der Waals surface area contributed by atoms with Gasteiger partial charge in [0.2, 0.25) is 0 Å². The molecule has 1 rings (SSSR count). The van der Waals surface area contributed by atoms with Crippen LogP contribution in [0.15, 0.2) is 24.3 Å². The van der Waals surface area contributed by atoms with Crippen LogP contribution in [-0.2, 0) is 5.60 Å². The SMILES string of the molecule is CC(C)Oc1ccc(C(C)(O)CC(F)(F)C(F)(F)C(F)(F)C(F)(F)C(F)(F)C(F)(F)C(F)(F)C(F)(F)F)cc1. The Morgan fingerprint density at radius 2 is 0.923 bits per heavy atom. The smallest absolute Gasteiger partial charge is 0.460 e. The molecule has 2 nitrogen and oxygen atoms in total. The molecule has 1 aromatic rings. The van der Waals surface area contributed by atoms with Gasteiger partial charge >= 0.3 is 47.6 Å². The van der Waals surface area contributed by atoms with Gasteiger partial charge in [-0.25, -0.2) is 0 Å². The van der Waals surface area contributed by atoms with Crippen LogP contribution in [0.2, 0.25) is 0 Å². The molecule has 0 spiro atoms. The average molecular weight is 612 g/mol. The van der Waals surface area contributed by atoms with Crippen molar-refractivity contribution >= 4 is 0 Å². The fourth-order valence-electron chi connectivity index (χ4n) is 3.01. The van der Waals surface area contributed by atoms with E-state index in [0.29, 0.717) is 12.1 Å². The van der Waals surface area contributed by atoms with Gasteiger partial charge in [-0.2, -0.15) is 74.6 Å². The van der Waals surface area contributed by atoms with Gasteiger partial charge in [-0.15, -0.1) is 0 Å². The summed E-state index contributed by atoms with van der Waals surface area (Å²) in [6.45, 7) is 3.27. The molecule has 1 N–H and O–H groups in total. The first-order valence-electron chi connectivity index (χ1n) is 10.1. The predicted molar refractivity (Wildman–Crippen MR) is 97.1 cm³/mol. The zero-order valence-corrected chi connectivity index (χ0v) is 19.4. The first-order chi connectivity index (χ1) is 16.8. The number of alkyl halides is 17. The van der Waals surface area contributed by atoms with Gasteiger partial charge in [-0.05, 0) is 38.5 Å². The van der Waals surface area contributed by atoms with E-state index in [1.165, 1.54) is 13.8 Å². The molecular weight excluding hydrogens is 595 g/mol. The number of hydrogen-bond acceptors (Lipinski definition) is 2. The summed E-state index contributed by atoms with van der Waals surface area (Å²) in [5.41, 5.74) is -4.17. The summed E-state index contributed by atoms with van der Waals surface area (Å²) < 4.78 is 233. The van der Waals surface area contributed by atoms with Crippen LogP contribution in [-0.4, -0.2) is 58.8 Å². The third-order valence-electron chi connectivity index (χ3n) is 5.20. The molecule has 0 aliphatic rings. The van der Waals surface area contributed by atoms with Gasteiger partial charge < -0.3 is 9.84 Å². The topological polar surface area (TPSA) is 29.5 Å². The Balaban J connectivity index is 3.53. The standard InChI is InChI=1S/C20H17F17O2/c1-9(2)39-11-6-4-10(5-7-11)12(3,38)8-13(21,22)14(23,24)15(25,26)16(27,28)17(29,30)18(31,32)19(33,34)20(35,36)37/h4-7,9,38H,8H2,1-3H3. The lowest BCUT2D eigenvalue weighted by atomic mass is 9.83. The molecule has 228 valence electrons. The highest BCUT2D eigenvalue weighted by Crippen LogP contribution is 2.64. The normalized spacial score (nSPS) is 16.9. The number of halogens is 17. The lowest BCUT2D eigenvalue weighted by Crippen LogP contribution is -2.74. The lowest BCUT2D eigenvalue weighted by Gasteiger charge is -2.43. The van der Waals surface area contributed by atoms with Gasteiger partial charge in [0.05, 0.1) is 18.1 Å². The molecule has 0 saturated heterocycles. The zero-order valence-electron chi connectivity index (χ0n) is 19.4. The Morgan fingerprint density at radius 1 is 0.590 bits per heavy atom. The number of rotatable bonds is 11. The monoisotopic (exact) mass is 612 g/mol. The Morgan fingerprint density at radius 3 is 1.26 bits per heavy atom. The number of benzene rings is 1. The lowest BCUT2D eigenvalue weighted by molar-refractivity contribution is -0.462. The highest BCUT2D eigenvalue weighted by atomic mass is 19.4. The second kappa shape index (κ2) is 9.71. The van der Waals surface area contributed by atoms with Crippen molar-refractivity contribution in [1.29, 1.82) is 0 Å². The highest BCUT2D eigenvalue weighted by Gasteiger charge is 2.95. The van der Waals surface area contributed by atoms with E-state index in [0.717, 1.165) is 12.1 Å². The van der Waals surface area contributed by atoms with E-state index in [-0.39, 0.29) is 12.7 Å². The van der Waals surface area contributed by atoms with Crippen LogP contribution in [0.1, 0.15) is 32.8 Å². The minimum Gasteiger partial charge on any atom is -0.491 e. The van der Waals surface area contributed by atoms with Gasteiger partial charge in [-0.1, -0.05) is 12.1 Å². The largest absolute Gasteiger partial charge is 0.491 e. The molecule has 1 unspecified atom stereocenters. The van der Waals surface area contributed by atoms with E-state index in [1.807, 2.05) is 0 Å². The summed E-state index contributed by atoms with van der Waals surface area (Å²) in [6, 6.07) is 3.28. The third kappa shape index (κ3) is 5.42. The van der Waals surface area contributed by atoms with Crippen molar-refractivity contribution in [3.8, 4) is 5.75 Å². The second-order valence-corrected chi connectivity index (χ2v) is 8.79. The number of aliphatic hydroxyl groups is 1. The first-order valence-corrected chi connectivity index (χ1v) is 10.1. The maximum Gasteiger partial charge on any atom is 0.460 e. The minimum absolute atomic E-state index is 0.00775. The fraction of sp³-hybridized carbons (Fsp3) is 0.700. The predicted octanol–water partition coefficient (Wildman–Crippen LogP) is 8.08. The molecule has 39 heavy (non-hydrogen) atoms. The Hall–Kier alpha value is -2.21. The Bertz CT molecular complexity index is 994. The molecule has 0 fully saturated rings. The molecule has 1 aromatic carbocycles. The summed E-state index contributed by atoms with van der Waals surface area (Å²) in [6.07, 6.45) is -11.3. The van der Waals surface area contributed by atoms with Crippen LogP contribution in [0.4, 0.5) is 74.6 Å². The Labute approximate surface area is 207 Å². The molecule has 1 atom stereocenters. The van der Waals surface area contributed by atoms with Crippen LogP contribution in [0.5, 0.6) is 5.75 Å². The number of ether oxygens (including phenoxy) is 1. The van der Waals surface area contributed by atoms with Crippen molar-refractivity contribution in [2.45, 2.75) is 86.5 Å². The van der Waals surface area contributed by atoms with Gasteiger partial charge in [0.25, 0.3) is 0 Å². The van der Waals surface area contributed by atoms with Crippen molar-refractivity contribution in [1.82, 2.24) is 0 Å². The maximum absolute atomic E-state index is 14.3. The molecule has 0 aliphatic carbocycles. The molecule has 0 heterocycles. The molecule has 19 heteroatoms.